The van der Waals surface area contributed by atoms with Crippen LogP contribution in [0.4, 0.5) is 0 Å². The predicted octanol–water partition coefficient (Wildman–Crippen LogP) is 1.46. The molecule has 1 fully saturated rings. The van der Waals surface area contributed by atoms with Gasteiger partial charge in [-0.15, -0.1) is 0 Å². The molecule has 0 radical (unpaired) electrons. The Morgan fingerprint density at radius 2 is 2.12 bits per heavy atom. The fourth-order valence-corrected chi connectivity index (χ4v) is 2.50. The first-order valence-corrected chi connectivity index (χ1v) is 8.55. The summed E-state index contributed by atoms with van der Waals surface area (Å²) in [5.41, 5.74) is 2.05. The van der Waals surface area contributed by atoms with Crippen LogP contribution in [0.5, 0.6) is 5.75 Å². The van der Waals surface area contributed by atoms with Crippen LogP contribution in [-0.2, 0) is 11.3 Å². The number of nitrogens with one attached hydrogen (secondary N) is 2. The van der Waals surface area contributed by atoms with Crippen LogP contribution in [0, 0.1) is 12.3 Å². The molecule has 1 aliphatic rings. The zero-order valence-corrected chi connectivity index (χ0v) is 14.9. The molecule has 1 heterocycles. The van der Waals surface area contributed by atoms with Crippen LogP contribution in [0.15, 0.2) is 23.2 Å². The molecule has 3 N–H and O–H groups in total. The second kappa shape index (κ2) is 8.89. The average Bonchev–Trinajstić information content (AvgIpc) is 2.53. The summed E-state index contributed by atoms with van der Waals surface area (Å²) >= 11 is 0. The van der Waals surface area contributed by atoms with Gasteiger partial charge in [-0.05, 0) is 32.4 Å². The van der Waals surface area contributed by atoms with Crippen molar-refractivity contribution < 1.29 is 14.6 Å². The molecule has 0 spiro atoms. The number of aliphatic imine (C=N–C) groups is 1. The van der Waals surface area contributed by atoms with E-state index in [4.69, 9.17) is 9.47 Å². The van der Waals surface area contributed by atoms with Gasteiger partial charge in [0.15, 0.2) is 5.96 Å². The second-order valence-corrected chi connectivity index (χ2v) is 6.24. The fraction of sp³-hybridized carbons (Fsp3) is 0.611. The molecule has 24 heavy (non-hydrogen) atoms. The molecule has 1 saturated heterocycles. The monoisotopic (exact) mass is 335 g/mol. The molecule has 0 unspecified atom stereocenters. The second-order valence-electron chi connectivity index (χ2n) is 6.24. The van der Waals surface area contributed by atoms with Gasteiger partial charge in [0.05, 0.1) is 38.4 Å². The van der Waals surface area contributed by atoms with Crippen LogP contribution < -0.4 is 15.4 Å². The quantitative estimate of drug-likeness (QED) is 0.495. The van der Waals surface area contributed by atoms with Crippen molar-refractivity contribution in [2.24, 2.45) is 10.4 Å². The lowest BCUT2D eigenvalue weighted by Crippen LogP contribution is -2.54. The summed E-state index contributed by atoms with van der Waals surface area (Å²) in [6.07, 6.45) is 0. The smallest absolute Gasteiger partial charge is 0.191 e. The van der Waals surface area contributed by atoms with Crippen molar-refractivity contribution in [1.82, 2.24) is 10.6 Å². The number of hydrogen-bond acceptors (Lipinski definition) is 4. The zero-order valence-electron chi connectivity index (χ0n) is 14.9. The molecular formula is C18H29N3O3. The third-order valence-corrected chi connectivity index (χ3v) is 4.06. The molecule has 0 saturated carbocycles. The number of guanidine groups is 1. The molecule has 2 rings (SSSR count). The van der Waals surface area contributed by atoms with Crippen molar-refractivity contribution in [3.8, 4) is 5.75 Å². The lowest BCUT2D eigenvalue weighted by Gasteiger charge is -2.40. The Labute approximate surface area is 144 Å². The van der Waals surface area contributed by atoms with E-state index in [1.807, 2.05) is 19.9 Å². The number of ether oxygens (including phenoxy) is 2. The molecule has 0 aliphatic carbocycles. The summed E-state index contributed by atoms with van der Waals surface area (Å²) in [7, 11) is 0. The Bertz CT molecular complexity index is 551. The highest BCUT2D eigenvalue weighted by Gasteiger charge is 2.38. The number of aliphatic hydroxyl groups is 1. The molecule has 0 amide bonds. The summed E-state index contributed by atoms with van der Waals surface area (Å²) in [5.74, 6) is 1.62. The van der Waals surface area contributed by atoms with Gasteiger partial charge in [0.2, 0.25) is 0 Å². The van der Waals surface area contributed by atoms with Crippen molar-refractivity contribution in [3.05, 3.63) is 29.3 Å². The van der Waals surface area contributed by atoms with E-state index >= 15 is 0 Å². The fourth-order valence-electron chi connectivity index (χ4n) is 2.50. The highest BCUT2D eigenvalue weighted by Crippen LogP contribution is 2.25. The van der Waals surface area contributed by atoms with Gasteiger partial charge < -0.3 is 25.2 Å². The van der Waals surface area contributed by atoms with Gasteiger partial charge in [-0.1, -0.05) is 12.1 Å². The van der Waals surface area contributed by atoms with E-state index in [1.54, 1.807) is 0 Å². The Kier molecular flexibility index (Phi) is 6.87. The maximum Gasteiger partial charge on any atom is 0.191 e. The molecule has 6 heteroatoms. The van der Waals surface area contributed by atoms with Crippen molar-refractivity contribution >= 4 is 5.96 Å². The maximum atomic E-state index is 9.51. The molecule has 1 aliphatic heterocycles. The highest BCUT2D eigenvalue weighted by molar-refractivity contribution is 5.79. The van der Waals surface area contributed by atoms with E-state index in [9.17, 15) is 5.11 Å². The van der Waals surface area contributed by atoms with Gasteiger partial charge in [-0.3, -0.25) is 0 Å². The number of rotatable bonds is 8. The van der Waals surface area contributed by atoms with Crippen LogP contribution in [0.25, 0.3) is 0 Å². The van der Waals surface area contributed by atoms with E-state index in [0.717, 1.165) is 23.8 Å². The first-order chi connectivity index (χ1) is 11.6. The van der Waals surface area contributed by atoms with E-state index in [0.29, 0.717) is 32.9 Å². The van der Waals surface area contributed by atoms with Crippen molar-refractivity contribution in [1.29, 1.82) is 0 Å². The number of hydrogen-bond donors (Lipinski definition) is 3. The van der Waals surface area contributed by atoms with Gasteiger partial charge in [0.1, 0.15) is 5.75 Å². The molecule has 0 atom stereocenters. The number of aryl methyl sites for hydroxylation is 1. The van der Waals surface area contributed by atoms with Crippen molar-refractivity contribution in [2.45, 2.75) is 27.3 Å². The SMILES string of the molecule is CCNC(=NCc1ccc(C)cc1OCC)NCC1(CO)COC1. The van der Waals surface area contributed by atoms with Gasteiger partial charge in [0.25, 0.3) is 0 Å². The van der Waals surface area contributed by atoms with Gasteiger partial charge in [-0.25, -0.2) is 4.99 Å². The molecule has 1 aromatic carbocycles. The Hall–Kier alpha value is -1.79. The topological polar surface area (TPSA) is 75.1 Å². The first-order valence-electron chi connectivity index (χ1n) is 8.55. The van der Waals surface area contributed by atoms with Crippen LogP contribution in [0.3, 0.4) is 0 Å². The Balaban J connectivity index is 2.02. The molecule has 0 aromatic heterocycles. The lowest BCUT2D eigenvalue weighted by atomic mass is 9.87. The highest BCUT2D eigenvalue weighted by atomic mass is 16.5. The Morgan fingerprint density at radius 1 is 1.33 bits per heavy atom. The molecule has 1 aromatic rings. The maximum absolute atomic E-state index is 9.51. The van der Waals surface area contributed by atoms with Gasteiger partial charge >= 0.3 is 0 Å². The van der Waals surface area contributed by atoms with E-state index in [2.05, 4.69) is 34.7 Å². The van der Waals surface area contributed by atoms with Crippen LogP contribution in [0.2, 0.25) is 0 Å². The summed E-state index contributed by atoms with van der Waals surface area (Å²) in [5, 5.41) is 16.1. The number of aliphatic hydroxyl groups excluding tert-OH is 1. The minimum absolute atomic E-state index is 0.117. The van der Waals surface area contributed by atoms with E-state index in [-0.39, 0.29) is 12.0 Å². The van der Waals surface area contributed by atoms with Crippen LogP contribution in [0.1, 0.15) is 25.0 Å². The minimum atomic E-state index is -0.184. The van der Waals surface area contributed by atoms with Gasteiger partial charge in [0, 0.05) is 18.7 Å². The van der Waals surface area contributed by atoms with Crippen molar-refractivity contribution in [2.75, 3.05) is 39.5 Å². The molecule has 0 bridgehead atoms. The number of benzene rings is 1. The Morgan fingerprint density at radius 3 is 2.71 bits per heavy atom. The summed E-state index contributed by atoms with van der Waals surface area (Å²) in [6.45, 7) is 9.94. The summed E-state index contributed by atoms with van der Waals surface area (Å²) < 4.78 is 10.9. The third-order valence-electron chi connectivity index (χ3n) is 4.06. The lowest BCUT2D eigenvalue weighted by molar-refractivity contribution is -0.132. The summed E-state index contributed by atoms with van der Waals surface area (Å²) in [6, 6.07) is 6.17. The summed E-state index contributed by atoms with van der Waals surface area (Å²) in [4.78, 5) is 4.64. The number of nitrogens with zero attached hydrogens (tertiary/aromatic N) is 1. The van der Waals surface area contributed by atoms with Crippen LogP contribution >= 0.6 is 0 Å². The molecular weight excluding hydrogens is 306 g/mol. The third kappa shape index (κ3) is 4.85. The first kappa shape index (κ1) is 18.5. The van der Waals surface area contributed by atoms with E-state index < -0.39 is 0 Å². The van der Waals surface area contributed by atoms with Crippen LogP contribution in [-0.4, -0.2) is 50.6 Å². The largest absolute Gasteiger partial charge is 0.494 e. The molecule has 6 nitrogen and oxygen atoms in total. The normalized spacial score (nSPS) is 16.4. The predicted molar refractivity (Wildman–Crippen MR) is 95.5 cm³/mol. The minimum Gasteiger partial charge on any atom is -0.494 e. The zero-order chi connectivity index (χ0) is 17.4. The molecule has 134 valence electrons. The van der Waals surface area contributed by atoms with E-state index in [1.165, 1.54) is 5.56 Å². The average molecular weight is 335 g/mol. The van der Waals surface area contributed by atoms with Gasteiger partial charge in [-0.2, -0.15) is 0 Å². The van der Waals surface area contributed by atoms with Crippen molar-refractivity contribution in [3.63, 3.8) is 0 Å². The standard InChI is InChI=1S/C18H29N3O3/c1-4-19-17(21-10-18(11-22)12-23-13-18)20-9-15-7-6-14(3)8-16(15)24-5-2/h6-8,22H,4-5,9-13H2,1-3H3,(H2,19,20,21).